The van der Waals surface area contributed by atoms with Crippen molar-refractivity contribution in [2.24, 2.45) is 5.73 Å². The van der Waals surface area contributed by atoms with Crippen molar-refractivity contribution in [1.82, 2.24) is 0 Å². The lowest BCUT2D eigenvalue weighted by molar-refractivity contribution is 0.0600. The predicted molar refractivity (Wildman–Crippen MR) is 54.9 cm³/mol. The van der Waals surface area contributed by atoms with Crippen LogP contribution in [0, 0.1) is 0 Å². The summed E-state index contributed by atoms with van der Waals surface area (Å²) in [6.07, 6.45) is 1.62. The highest BCUT2D eigenvalue weighted by Crippen LogP contribution is 2.13. The summed E-state index contributed by atoms with van der Waals surface area (Å²) in [7, 11) is 1.35. The number of esters is 1. The molecule has 0 unspecified atom stereocenters. The van der Waals surface area contributed by atoms with E-state index in [1.165, 1.54) is 7.11 Å². The largest absolute Gasteiger partial charge is 0.465 e. The fourth-order valence-electron chi connectivity index (χ4n) is 1.13. The van der Waals surface area contributed by atoms with E-state index in [1.54, 1.807) is 24.3 Å². The minimum Gasteiger partial charge on any atom is -0.465 e. The second-order valence-corrected chi connectivity index (χ2v) is 2.88. The molecule has 1 atom stereocenters. The van der Waals surface area contributed by atoms with Gasteiger partial charge in [0, 0.05) is 6.04 Å². The molecule has 3 nitrogen and oxygen atoms in total. The molecule has 0 aromatic heterocycles. The second kappa shape index (κ2) is 4.58. The monoisotopic (exact) mass is 191 g/mol. The van der Waals surface area contributed by atoms with Gasteiger partial charge in [-0.1, -0.05) is 18.2 Å². The molecule has 0 saturated carbocycles. The van der Waals surface area contributed by atoms with Gasteiger partial charge in [0.15, 0.2) is 0 Å². The van der Waals surface area contributed by atoms with Crippen LogP contribution in [0.3, 0.4) is 0 Å². The highest BCUT2D eigenvalue weighted by Gasteiger charge is 2.07. The Morgan fingerprint density at radius 1 is 1.64 bits per heavy atom. The first-order valence-corrected chi connectivity index (χ1v) is 4.25. The summed E-state index contributed by atoms with van der Waals surface area (Å²) in [5.41, 5.74) is 7.09. The summed E-state index contributed by atoms with van der Waals surface area (Å²) in [6, 6.07) is 6.76. The Morgan fingerprint density at radius 3 is 2.93 bits per heavy atom. The summed E-state index contributed by atoms with van der Waals surface area (Å²) in [6.45, 7) is 3.59. The van der Waals surface area contributed by atoms with Gasteiger partial charge >= 0.3 is 5.97 Å². The standard InChI is InChI=1S/C11H13NO2/c1-3-10(12)8-5-4-6-9(7-8)11(13)14-2/h3-7,10H,1,12H2,2H3/t10-/m0/s1. The van der Waals surface area contributed by atoms with Gasteiger partial charge in [-0.15, -0.1) is 6.58 Å². The van der Waals surface area contributed by atoms with Gasteiger partial charge in [0.1, 0.15) is 0 Å². The number of carbonyl (C=O) groups is 1. The van der Waals surface area contributed by atoms with Gasteiger partial charge in [0.2, 0.25) is 0 Å². The predicted octanol–water partition coefficient (Wildman–Crippen LogP) is 1.66. The molecule has 0 spiro atoms. The number of nitrogens with two attached hydrogens (primary N) is 1. The highest BCUT2D eigenvalue weighted by molar-refractivity contribution is 5.89. The molecule has 0 radical (unpaired) electrons. The van der Waals surface area contributed by atoms with Gasteiger partial charge < -0.3 is 10.5 Å². The molecule has 0 aliphatic carbocycles. The van der Waals surface area contributed by atoms with Crippen LogP contribution in [0.25, 0.3) is 0 Å². The zero-order valence-corrected chi connectivity index (χ0v) is 8.07. The molecule has 0 fully saturated rings. The van der Waals surface area contributed by atoms with Crippen molar-refractivity contribution in [1.29, 1.82) is 0 Å². The maximum absolute atomic E-state index is 11.2. The van der Waals surface area contributed by atoms with Crippen molar-refractivity contribution in [3.63, 3.8) is 0 Å². The first kappa shape index (κ1) is 10.5. The van der Waals surface area contributed by atoms with E-state index in [9.17, 15) is 4.79 Å². The average Bonchev–Trinajstić information content (AvgIpc) is 2.27. The number of hydrogen-bond acceptors (Lipinski definition) is 3. The zero-order chi connectivity index (χ0) is 10.6. The Hall–Kier alpha value is -1.61. The fraction of sp³-hybridized carbons (Fsp3) is 0.182. The van der Waals surface area contributed by atoms with Crippen molar-refractivity contribution in [2.45, 2.75) is 6.04 Å². The summed E-state index contributed by atoms with van der Waals surface area (Å²) in [5.74, 6) is -0.358. The van der Waals surface area contributed by atoms with Gasteiger partial charge in [-0.25, -0.2) is 4.79 Å². The summed E-state index contributed by atoms with van der Waals surface area (Å²) >= 11 is 0. The molecule has 0 aliphatic heterocycles. The Bertz CT molecular complexity index is 347. The number of rotatable bonds is 3. The number of hydrogen-bond donors (Lipinski definition) is 1. The van der Waals surface area contributed by atoms with Crippen LogP contribution in [0.15, 0.2) is 36.9 Å². The normalized spacial score (nSPS) is 11.9. The van der Waals surface area contributed by atoms with Crippen LogP contribution in [0.5, 0.6) is 0 Å². The number of benzene rings is 1. The first-order valence-electron chi connectivity index (χ1n) is 4.25. The summed E-state index contributed by atoms with van der Waals surface area (Å²) in [4.78, 5) is 11.2. The topological polar surface area (TPSA) is 52.3 Å². The molecule has 0 saturated heterocycles. The van der Waals surface area contributed by atoms with E-state index >= 15 is 0 Å². The maximum atomic E-state index is 11.2. The molecule has 3 heteroatoms. The Kier molecular flexibility index (Phi) is 3.42. The van der Waals surface area contributed by atoms with Gasteiger partial charge in [0.05, 0.1) is 12.7 Å². The molecule has 2 N–H and O–H groups in total. The van der Waals surface area contributed by atoms with Crippen LogP contribution in [0.1, 0.15) is 22.0 Å². The van der Waals surface area contributed by atoms with Crippen molar-refractivity contribution in [2.75, 3.05) is 7.11 Å². The molecule has 0 aliphatic rings. The number of carbonyl (C=O) groups excluding carboxylic acids is 1. The third-order valence-corrected chi connectivity index (χ3v) is 1.95. The van der Waals surface area contributed by atoms with Crippen LogP contribution in [-0.4, -0.2) is 13.1 Å². The van der Waals surface area contributed by atoms with E-state index in [1.807, 2.05) is 6.07 Å². The average molecular weight is 191 g/mol. The van der Waals surface area contributed by atoms with E-state index in [0.717, 1.165) is 5.56 Å². The van der Waals surface area contributed by atoms with Gasteiger partial charge in [-0.05, 0) is 17.7 Å². The van der Waals surface area contributed by atoms with Gasteiger partial charge in [-0.2, -0.15) is 0 Å². The van der Waals surface area contributed by atoms with Gasteiger partial charge in [-0.3, -0.25) is 0 Å². The molecule has 14 heavy (non-hydrogen) atoms. The minimum absolute atomic E-state index is 0.250. The molecule has 1 aromatic carbocycles. The Balaban J connectivity index is 3.00. The van der Waals surface area contributed by atoms with E-state index < -0.39 is 0 Å². The van der Waals surface area contributed by atoms with E-state index in [2.05, 4.69) is 11.3 Å². The van der Waals surface area contributed by atoms with Crippen LogP contribution in [0.4, 0.5) is 0 Å². The van der Waals surface area contributed by atoms with Crippen LogP contribution < -0.4 is 5.73 Å². The first-order chi connectivity index (χ1) is 6.69. The lowest BCUT2D eigenvalue weighted by Crippen LogP contribution is -2.08. The molecular weight excluding hydrogens is 178 g/mol. The molecule has 1 rings (SSSR count). The zero-order valence-electron chi connectivity index (χ0n) is 8.07. The third-order valence-electron chi connectivity index (χ3n) is 1.95. The molecular formula is C11H13NO2. The third kappa shape index (κ3) is 2.20. The van der Waals surface area contributed by atoms with E-state index in [0.29, 0.717) is 5.56 Å². The summed E-state index contributed by atoms with van der Waals surface area (Å²) in [5, 5.41) is 0. The Labute approximate surface area is 83.2 Å². The second-order valence-electron chi connectivity index (χ2n) is 2.88. The lowest BCUT2D eigenvalue weighted by atomic mass is 10.0. The quantitative estimate of drug-likeness (QED) is 0.584. The molecule has 0 amide bonds. The van der Waals surface area contributed by atoms with Crippen molar-refractivity contribution in [3.8, 4) is 0 Å². The lowest BCUT2D eigenvalue weighted by Gasteiger charge is -2.07. The highest BCUT2D eigenvalue weighted by atomic mass is 16.5. The number of ether oxygens (including phenoxy) is 1. The Morgan fingerprint density at radius 2 is 2.36 bits per heavy atom. The van der Waals surface area contributed by atoms with Crippen LogP contribution in [-0.2, 0) is 4.74 Å². The smallest absolute Gasteiger partial charge is 0.337 e. The summed E-state index contributed by atoms with van der Waals surface area (Å²) < 4.78 is 4.60. The van der Waals surface area contributed by atoms with Crippen molar-refractivity contribution < 1.29 is 9.53 Å². The molecule has 1 aromatic rings. The molecule has 0 heterocycles. The van der Waals surface area contributed by atoms with Crippen LogP contribution >= 0.6 is 0 Å². The van der Waals surface area contributed by atoms with Crippen LogP contribution in [0.2, 0.25) is 0 Å². The van der Waals surface area contributed by atoms with Crippen molar-refractivity contribution in [3.05, 3.63) is 48.0 Å². The fourth-order valence-corrected chi connectivity index (χ4v) is 1.13. The van der Waals surface area contributed by atoms with E-state index in [4.69, 9.17) is 5.73 Å². The van der Waals surface area contributed by atoms with Gasteiger partial charge in [0.25, 0.3) is 0 Å². The maximum Gasteiger partial charge on any atom is 0.337 e. The molecule has 0 bridgehead atoms. The molecule has 74 valence electrons. The van der Waals surface area contributed by atoms with Crippen molar-refractivity contribution >= 4 is 5.97 Å². The SMILES string of the molecule is C=C[C@H](N)c1cccc(C(=O)OC)c1. The minimum atomic E-state index is -0.358. The number of methoxy groups -OCH3 is 1. The van der Waals surface area contributed by atoms with E-state index in [-0.39, 0.29) is 12.0 Å².